The number of likely N-dealkylation sites (tertiary alicyclic amines) is 1. The minimum Gasteiger partial charge on any atom is -0.467 e. The van der Waals surface area contributed by atoms with Gasteiger partial charge in [0.25, 0.3) is 0 Å². The number of methoxy groups -OCH3 is 1. The van der Waals surface area contributed by atoms with Gasteiger partial charge in [-0.2, -0.15) is 0 Å². The van der Waals surface area contributed by atoms with E-state index in [2.05, 4.69) is 5.32 Å². The molecule has 8 nitrogen and oxygen atoms in total. The maximum absolute atomic E-state index is 12.6. The molecule has 1 aliphatic heterocycles. The van der Waals surface area contributed by atoms with Gasteiger partial charge in [0.1, 0.15) is 11.6 Å². The summed E-state index contributed by atoms with van der Waals surface area (Å²) in [4.78, 5) is 37.6. The van der Waals surface area contributed by atoms with E-state index < -0.39 is 23.7 Å². The lowest BCUT2D eigenvalue weighted by atomic mass is 10.1. The molecule has 1 heterocycles. The van der Waals surface area contributed by atoms with E-state index in [0.717, 1.165) is 11.1 Å². The average Bonchev–Trinajstić information content (AvgIpc) is 3.05. The van der Waals surface area contributed by atoms with Gasteiger partial charge in [0, 0.05) is 25.6 Å². The summed E-state index contributed by atoms with van der Waals surface area (Å²) in [5.41, 5.74) is 7.31. The number of alkyl carbamates (subject to hydrolysis) is 1. The first-order valence-electron chi connectivity index (χ1n) is 9.76. The lowest BCUT2D eigenvalue weighted by molar-refractivity contribution is -0.150. The standard InChI is InChI=1S/C21H31N3O5/c1-21(2,3)29-20(27)23-12-15-7-5-14(6-8-15)9-10-18(25)24-13-16(22)11-17(24)19(26)28-4/h5-8,16-17H,9-13,22H2,1-4H3,(H,23,27)/t16?,17-/m0/s1. The number of amides is 2. The quantitative estimate of drug-likeness (QED) is 0.698. The number of ether oxygens (including phenoxy) is 2. The molecule has 8 heteroatoms. The topological polar surface area (TPSA) is 111 Å². The molecule has 0 spiro atoms. The highest BCUT2D eigenvalue weighted by molar-refractivity contribution is 5.85. The normalized spacial score (nSPS) is 19.0. The highest BCUT2D eigenvalue weighted by Crippen LogP contribution is 2.20. The Morgan fingerprint density at radius 2 is 1.79 bits per heavy atom. The van der Waals surface area contributed by atoms with E-state index in [-0.39, 0.29) is 18.4 Å². The third-order valence-electron chi connectivity index (χ3n) is 4.61. The SMILES string of the molecule is COC(=O)[C@@H]1CC(N)CN1C(=O)CCc1ccc(CNC(=O)OC(C)(C)C)cc1. The molecule has 2 amide bonds. The van der Waals surface area contributed by atoms with E-state index in [4.69, 9.17) is 15.2 Å². The molecular weight excluding hydrogens is 374 g/mol. The summed E-state index contributed by atoms with van der Waals surface area (Å²) < 4.78 is 9.98. The van der Waals surface area contributed by atoms with Gasteiger partial charge in [-0.25, -0.2) is 9.59 Å². The van der Waals surface area contributed by atoms with Crippen molar-refractivity contribution in [2.45, 2.75) is 64.3 Å². The second-order valence-electron chi connectivity index (χ2n) is 8.25. The monoisotopic (exact) mass is 405 g/mol. The fourth-order valence-corrected chi connectivity index (χ4v) is 3.21. The summed E-state index contributed by atoms with van der Waals surface area (Å²) in [5, 5.41) is 2.71. The largest absolute Gasteiger partial charge is 0.467 e. The van der Waals surface area contributed by atoms with Crippen LogP contribution in [0.15, 0.2) is 24.3 Å². The predicted octanol–water partition coefficient (Wildman–Crippen LogP) is 1.75. The van der Waals surface area contributed by atoms with Crippen LogP contribution < -0.4 is 11.1 Å². The van der Waals surface area contributed by atoms with E-state index >= 15 is 0 Å². The van der Waals surface area contributed by atoms with E-state index in [1.165, 1.54) is 12.0 Å². The van der Waals surface area contributed by atoms with Crippen LogP contribution in [-0.4, -0.2) is 54.2 Å². The van der Waals surface area contributed by atoms with Crippen molar-refractivity contribution >= 4 is 18.0 Å². The summed E-state index contributed by atoms with van der Waals surface area (Å²) in [7, 11) is 1.31. The Bertz CT molecular complexity index is 727. The van der Waals surface area contributed by atoms with Gasteiger partial charge in [0.15, 0.2) is 0 Å². The fraction of sp³-hybridized carbons (Fsp3) is 0.571. The number of nitrogens with two attached hydrogens (primary N) is 1. The van der Waals surface area contributed by atoms with E-state index in [1.54, 1.807) is 0 Å². The first kappa shape index (κ1) is 22.7. The number of carbonyl (C=O) groups is 3. The number of aryl methyl sites for hydroxylation is 1. The minimum absolute atomic E-state index is 0.107. The molecule has 1 aromatic rings. The molecule has 160 valence electrons. The minimum atomic E-state index is -0.594. The summed E-state index contributed by atoms with van der Waals surface area (Å²) >= 11 is 0. The molecule has 0 saturated carbocycles. The molecule has 0 radical (unpaired) electrons. The lowest BCUT2D eigenvalue weighted by Crippen LogP contribution is -2.41. The first-order valence-corrected chi connectivity index (χ1v) is 9.76. The van der Waals surface area contributed by atoms with Gasteiger partial charge in [0.2, 0.25) is 5.91 Å². The number of hydrogen-bond donors (Lipinski definition) is 2. The Kier molecular flexibility index (Phi) is 7.61. The highest BCUT2D eigenvalue weighted by Gasteiger charge is 2.38. The van der Waals surface area contributed by atoms with Crippen molar-refractivity contribution in [3.8, 4) is 0 Å². The molecular formula is C21H31N3O5. The fourth-order valence-electron chi connectivity index (χ4n) is 3.21. The van der Waals surface area contributed by atoms with E-state index in [0.29, 0.717) is 25.9 Å². The lowest BCUT2D eigenvalue weighted by Gasteiger charge is -2.22. The molecule has 2 atom stereocenters. The zero-order valence-electron chi connectivity index (χ0n) is 17.6. The van der Waals surface area contributed by atoms with Crippen molar-refractivity contribution in [1.82, 2.24) is 10.2 Å². The number of rotatable bonds is 6. The first-order chi connectivity index (χ1) is 13.6. The molecule has 2 rings (SSSR count). The number of hydrogen-bond acceptors (Lipinski definition) is 6. The second kappa shape index (κ2) is 9.73. The molecule has 0 bridgehead atoms. The van der Waals surface area contributed by atoms with Crippen molar-refractivity contribution in [3.63, 3.8) is 0 Å². The summed E-state index contributed by atoms with van der Waals surface area (Å²) in [6.45, 7) is 6.16. The summed E-state index contributed by atoms with van der Waals surface area (Å²) in [6.07, 6.45) is 0.808. The van der Waals surface area contributed by atoms with E-state index in [9.17, 15) is 14.4 Å². The zero-order chi connectivity index (χ0) is 21.6. The molecule has 1 unspecified atom stereocenters. The summed E-state index contributed by atoms with van der Waals surface area (Å²) in [5.74, 6) is -0.530. The zero-order valence-corrected chi connectivity index (χ0v) is 17.6. The van der Waals surface area contributed by atoms with Crippen LogP contribution in [0.2, 0.25) is 0 Å². The Balaban J connectivity index is 1.83. The van der Waals surface area contributed by atoms with Crippen LogP contribution in [0.25, 0.3) is 0 Å². The molecule has 0 aromatic heterocycles. The van der Waals surface area contributed by atoms with E-state index in [1.807, 2.05) is 45.0 Å². The van der Waals surface area contributed by atoms with Crippen molar-refractivity contribution in [3.05, 3.63) is 35.4 Å². The van der Waals surface area contributed by atoms with Gasteiger partial charge in [-0.3, -0.25) is 4.79 Å². The Labute approximate surface area is 171 Å². The molecule has 1 aromatic carbocycles. The molecule has 1 aliphatic rings. The van der Waals surface area contributed by atoms with Gasteiger partial charge in [0.05, 0.1) is 7.11 Å². The van der Waals surface area contributed by atoms with Gasteiger partial charge < -0.3 is 25.4 Å². The summed E-state index contributed by atoms with van der Waals surface area (Å²) in [6, 6.07) is 6.85. The molecule has 1 saturated heterocycles. The molecule has 29 heavy (non-hydrogen) atoms. The number of carbonyl (C=O) groups excluding carboxylic acids is 3. The number of esters is 1. The number of nitrogens with zero attached hydrogens (tertiary/aromatic N) is 1. The Morgan fingerprint density at radius 3 is 2.38 bits per heavy atom. The third kappa shape index (κ3) is 7.05. The van der Waals surface area contributed by atoms with Gasteiger partial charge in [-0.1, -0.05) is 24.3 Å². The average molecular weight is 405 g/mol. The van der Waals surface area contributed by atoms with Crippen LogP contribution in [0.4, 0.5) is 4.79 Å². The van der Waals surface area contributed by atoms with Gasteiger partial charge in [-0.05, 0) is 44.7 Å². The number of benzene rings is 1. The Morgan fingerprint density at radius 1 is 1.17 bits per heavy atom. The molecule has 0 aliphatic carbocycles. The van der Waals surface area contributed by atoms with Crippen LogP contribution in [0.1, 0.15) is 44.7 Å². The Hall–Kier alpha value is -2.61. The third-order valence-corrected chi connectivity index (χ3v) is 4.61. The van der Waals surface area contributed by atoms with Crippen LogP contribution in [0.5, 0.6) is 0 Å². The predicted molar refractivity (Wildman–Crippen MR) is 108 cm³/mol. The highest BCUT2D eigenvalue weighted by atomic mass is 16.6. The van der Waals surface area contributed by atoms with Crippen LogP contribution in [0, 0.1) is 0 Å². The van der Waals surface area contributed by atoms with Crippen molar-refractivity contribution < 1.29 is 23.9 Å². The van der Waals surface area contributed by atoms with Crippen LogP contribution in [0.3, 0.4) is 0 Å². The van der Waals surface area contributed by atoms with Gasteiger partial charge >= 0.3 is 12.1 Å². The second-order valence-corrected chi connectivity index (χ2v) is 8.25. The van der Waals surface area contributed by atoms with Crippen molar-refractivity contribution in [2.24, 2.45) is 5.73 Å². The molecule has 1 fully saturated rings. The van der Waals surface area contributed by atoms with Crippen molar-refractivity contribution in [1.29, 1.82) is 0 Å². The maximum Gasteiger partial charge on any atom is 0.407 e. The maximum atomic E-state index is 12.6. The van der Waals surface area contributed by atoms with Gasteiger partial charge in [-0.15, -0.1) is 0 Å². The molecule has 3 N–H and O–H groups in total. The van der Waals surface area contributed by atoms with Crippen molar-refractivity contribution in [2.75, 3.05) is 13.7 Å². The smallest absolute Gasteiger partial charge is 0.407 e. The van der Waals surface area contributed by atoms with Crippen LogP contribution >= 0.6 is 0 Å². The van der Waals surface area contributed by atoms with Crippen LogP contribution in [-0.2, 0) is 32.0 Å². The number of nitrogens with one attached hydrogen (secondary N) is 1.